The lowest BCUT2D eigenvalue weighted by Crippen LogP contribution is -2.10. The summed E-state index contributed by atoms with van der Waals surface area (Å²) >= 11 is 0. The van der Waals surface area contributed by atoms with Gasteiger partial charge in [0.1, 0.15) is 0 Å². The summed E-state index contributed by atoms with van der Waals surface area (Å²) in [5.74, 6) is 0. The van der Waals surface area contributed by atoms with Gasteiger partial charge in [0.25, 0.3) is 0 Å². The van der Waals surface area contributed by atoms with Crippen molar-refractivity contribution in [3.8, 4) is 0 Å². The fourth-order valence-electron chi connectivity index (χ4n) is 4.43. The lowest BCUT2D eigenvalue weighted by Gasteiger charge is -2.22. The molecule has 2 aliphatic carbocycles. The highest BCUT2D eigenvalue weighted by molar-refractivity contribution is 5.75. The third-order valence-electron chi connectivity index (χ3n) is 5.67. The van der Waals surface area contributed by atoms with Gasteiger partial charge < -0.3 is 0 Å². The molecule has 0 saturated heterocycles. The molecule has 0 bridgehead atoms. The summed E-state index contributed by atoms with van der Waals surface area (Å²) in [6.45, 7) is 11.4. The van der Waals surface area contributed by atoms with Crippen LogP contribution in [0.4, 0.5) is 0 Å². The van der Waals surface area contributed by atoms with Crippen molar-refractivity contribution < 1.29 is 0 Å². The van der Waals surface area contributed by atoms with E-state index in [1.807, 2.05) is 0 Å². The number of fused-ring (bicyclic) bond motifs is 1. The molecule has 4 rings (SSSR count). The minimum Gasteiger partial charge on any atom is -0.0949 e. The Morgan fingerprint density at radius 1 is 0.964 bits per heavy atom. The maximum absolute atomic E-state index is 4.49. The Bertz CT molecular complexity index is 1000. The van der Waals surface area contributed by atoms with Crippen LogP contribution in [0.5, 0.6) is 0 Å². The molecule has 0 saturated carbocycles. The van der Waals surface area contributed by atoms with E-state index in [9.17, 15) is 0 Å². The Balaban J connectivity index is 1.53. The second-order valence-electron chi connectivity index (χ2n) is 9.30. The molecule has 0 aromatic heterocycles. The summed E-state index contributed by atoms with van der Waals surface area (Å²) in [6, 6.07) is 17.5. The number of hydrogen-bond acceptors (Lipinski definition) is 0. The maximum Gasteiger partial charge on any atom is -0.00137 e. The molecular formula is C28H30. The van der Waals surface area contributed by atoms with Gasteiger partial charge in [0, 0.05) is 0 Å². The van der Waals surface area contributed by atoms with Crippen LogP contribution in [-0.4, -0.2) is 0 Å². The van der Waals surface area contributed by atoms with Gasteiger partial charge in [-0.3, -0.25) is 0 Å². The van der Waals surface area contributed by atoms with Crippen molar-refractivity contribution in [1.29, 1.82) is 0 Å². The first-order chi connectivity index (χ1) is 13.4. The van der Waals surface area contributed by atoms with Gasteiger partial charge in [-0.1, -0.05) is 94.1 Å². The predicted octanol–water partition coefficient (Wildman–Crippen LogP) is 7.57. The standard InChI is InChI=1S/C28H30/c1-20(26-14-8-7-12-24(26)19-28(2,3)4)16-23-13-9-15-27(23)25-17-21-10-5-6-11-22(21)18-25/h5-8,10-15,17H,1,9,16,18-19H2,2-4H3. The van der Waals surface area contributed by atoms with Crippen LogP contribution in [0, 0.1) is 5.41 Å². The average molecular weight is 367 g/mol. The first-order valence-electron chi connectivity index (χ1n) is 10.4. The van der Waals surface area contributed by atoms with Crippen molar-refractivity contribution in [3.05, 3.63) is 106 Å². The third-order valence-corrected chi connectivity index (χ3v) is 5.67. The highest BCUT2D eigenvalue weighted by Gasteiger charge is 2.21. The predicted molar refractivity (Wildman–Crippen MR) is 122 cm³/mol. The van der Waals surface area contributed by atoms with Gasteiger partial charge >= 0.3 is 0 Å². The molecule has 0 heterocycles. The zero-order valence-corrected chi connectivity index (χ0v) is 17.4. The highest BCUT2D eigenvalue weighted by Crippen LogP contribution is 2.39. The quantitative estimate of drug-likeness (QED) is 0.512. The van der Waals surface area contributed by atoms with Gasteiger partial charge in [-0.15, -0.1) is 0 Å². The molecule has 142 valence electrons. The molecule has 0 amide bonds. The van der Waals surface area contributed by atoms with Gasteiger partial charge in [-0.05, 0) is 75.6 Å². The Labute approximate surface area is 170 Å². The Morgan fingerprint density at radius 2 is 1.71 bits per heavy atom. The minimum absolute atomic E-state index is 0.272. The van der Waals surface area contributed by atoms with Crippen LogP contribution < -0.4 is 0 Å². The van der Waals surface area contributed by atoms with E-state index in [1.54, 1.807) is 0 Å². The van der Waals surface area contributed by atoms with E-state index in [4.69, 9.17) is 0 Å². The van der Waals surface area contributed by atoms with E-state index in [2.05, 4.69) is 94.1 Å². The summed E-state index contributed by atoms with van der Waals surface area (Å²) in [5.41, 5.74) is 11.4. The van der Waals surface area contributed by atoms with E-state index >= 15 is 0 Å². The van der Waals surface area contributed by atoms with Crippen LogP contribution in [0.15, 0.2) is 84.0 Å². The van der Waals surface area contributed by atoms with Crippen LogP contribution >= 0.6 is 0 Å². The molecule has 0 nitrogen and oxygen atoms in total. The van der Waals surface area contributed by atoms with Crippen LogP contribution in [0.25, 0.3) is 11.6 Å². The largest absolute Gasteiger partial charge is 0.0949 e. The Kier molecular flexibility index (Phi) is 4.98. The SMILES string of the molecule is C=C(CC1=CCC=C1C1=Cc2ccccc2C1)c1ccccc1CC(C)(C)C. The first kappa shape index (κ1) is 18.7. The lowest BCUT2D eigenvalue weighted by atomic mass is 9.83. The molecule has 0 fully saturated rings. The molecular weight excluding hydrogens is 336 g/mol. The normalized spacial score (nSPS) is 15.8. The first-order valence-corrected chi connectivity index (χ1v) is 10.4. The fourth-order valence-corrected chi connectivity index (χ4v) is 4.43. The number of benzene rings is 2. The summed E-state index contributed by atoms with van der Waals surface area (Å²) in [7, 11) is 0. The fraction of sp³-hybridized carbons (Fsp3) is 0.286. The van der Waals surface area contributed by atoms with E-state index in [1.165, 1.54) is 44.5 Å². The van der Waals surface area contributed by atoms with Crippen LogP contribution in [0.1, 0.15) is 55.9 Å². The van der Waals surface area contributed by atoms with Crippen molar-refractivity contribution in [3.63, 3.8) is 0 Å². The van der Waals surface area contributed by atoms with Gasteiger partial charge in [0.15, 0.2) is 0 Å². The third kappa shape index (κ3) is 3.97. The van der Waals surface area contributed by atoms with Crippen molar-refractivity contribution in [2.45, 2.75) is 46.5 Å². The van der Waals surface area contributed by atoms with Crippen molar-refractivity contribution in [1.82, 2.24) is 0 Å². The average Bonchev–Trinajstić information content (AvgIpc) is 3.26. The van der Waals surface area contributed by atoms with Crippen molar-refractivity contribution in [2.75, 3.05) is 0 Å². The van der Waals surface area contributed by atoms with Gasteiger partial charge in [-0.2, -0.15) is 0 Å². The zero-order valence-electron chi connectivity index (χ0n) is 17.4. The molecule has 2 aliphatic rings. The summed E-state index contributed by atoms with van der Waals surface area (Å²) < 4.78 is 0. The maximum atomic E-state index is 4.49. The van der Waals surface area contributed by atoms with Crippen LogP contribution in [0.2, 0.25) is 0 Å². The molecule has 0 N–H and O–H groups in total. The number of rotatable bonds is 5. The van der Waals surface area contributed by atoms with Gasteiger partial charge in [-0.25, -0.2) is 0 Å². The van der Waals surface area contributed by atoms with E-state index in [0.29, 0.717) is 0 Å². The number of hydrogen-bond donors (Lipinski definition) is 0. The molecule has 0 spiro atoms. The van der Waals surface area contributed by atoms with Gasteiger partial charge in [0.05, 0.1) is 0 Å². The summed E-state index contributed by atoms with van der Waals surface area (Å²) in [6.07, 6.45) is 11.2. The highest BCUT2D eigenvalue weighted by atomic mass is 14.3. The van der Waals surface area contributed by atoms with Crippen molar-refractivity contribution in [2.24, 2.45) is 5.41 Å². The van der Waals surface area contributed by atoms with Gasteiger partial charge in [0.2, 0.25) is 0 Å². The minimum atomic E-state index is 0.272. The molecule has 0 unspecified atom stereocenters. The molecule has 0 atom stereocenters. The smallest absolute Gasteiger partial charge is 0.00137 e. The van der Waals surface area contributed by atoms with Crippen LogP contribution in [0.3, 0.4) is 0 Å². The Hall–Kier alpha value is -2.60. The summed E-state index contributed by atoms with van der Waals surface area (Å²) in [4.78, 5) is 0. The van der Waals surface area contributed by atoms with E-state index in [-0.39, 0.29) is 5.41 Å². The van der Waals surface area contributed by atoms with E-state index < -0.39 is 0 Å². The molecule has 0 radical (unpaired) electrons. The second kappa shape index (κ2) is 7.43. The molecule has 0 heteroatoms. The molecule has 2 aromatic carbocycles. The van der Waals surface area contributed by atoms with Crippen molar-refractivity contribution >= 4 is 11.6 Å². The van der Waals surface area contributed by atoms with Crippen LogP contribution in [-0.2, 0) is 12.8 Å². The molecule has 2 aromatic rings. The lowest BCUT2D eigenvalue weighted by molar-refractivity contribution is 0.411. The monoisotopic (exact) mass is 366 g/mol. The molecule has 28 heavy (non-hydrogen) atoms. The molecule has 0 aliphatic heterocycles. The topological polar surface area (TPSA) is 0 Å². The second-order valence-corrected chi connectivity index (χ2v) is 9.30. The zero-order chi connectivity index (χ0) is 19.7. The Morgan fingerprint density at radius 3 is 2.50 bits per heavy atom. The number of allylic oxidation sites excluding steroid dienone is 6. The van der Waals surface area contributed by atoms with E-state index in [0.717, 1.165) is 25.7 Å². The summed E-state index contributed by atoms with van der Waals surface area (Å²) in [5, 5.41) is 0.